The molecule has 1 aromatic rings. The molecule has 0 radical (unpaired) electrons. The summed E-state index contributed by atoms with van der Waals surface area (Å²) in [6, 6.07) is 7.43. The van der Waals surface area contributed by atoms with Crippen LogP contribution in [-0.4, -0.2) is 31.1 Å². The van der Waals surface area contributed by atoms with Crippen molar-refractivity contribution in [3.05, 3.63) is 35.4 Å². The van der Waals surface area contributed by atoms with E-state index in [0.29, 0.717) is 12.1 Å². The fourth-order valence-electron chi connectivity index (χ4n) is 1.46. The fourth-order valence-corrected chi connectivity index (χ4v) is 1.46. The summed E-state index contributed by atoms with van der Waals surface area (Å²) in [7, 11) is 1.75. The number of nitrogens with one attached hydrogen (secondary N) is 1. The molecule has 1 rings (SSSR count). The van der Waals surface area contributed by atoms with Crippen LogP contribution >= 0.6 is 0 Å². The van der Waals surface area contributed by atoms with Crippen LogP contribution in [0.25, 0.3) is 0 Å². The molecule has 3 nitrogen and oxygen atoms in total. The monoisotopic (exact) mass is 221 g/mol. The summed E-state index contributed by atoms with van der Waals surface area (Å²) < 4.78 is 0. The average molecular weight is 221 g/mol. The Balaban J connectivity index is 2.87. The number of benzene rings is 1. The summed E-state index contributed by atoms with van der Waals surface area (Å²) in [6.45, 7) is 4.38. The van der Waals surface area contributed by atoms with Gasteiger partial charge in [-0.15, -0.1) is 0 Å². The highest BCUT2D eigenvalue weighted by molar-refractivity contribution is 5.97. The quantitative estimate of drug-likeness (QED) is 0.738. The SMILES string of the molecule is CNCC(=O)c1ccc(C(C)(C)CO)cc1. The number of rotatable bonds is 5. The van der Waals surface area contributed by atoms with E-state index in [4.69, 9.17) is 0 Å². The molecule has 0 bridgehead atoms. The summed E-state index contributed by atoms with van der Waals surface area (Å²) >= 11 is 0. The third-order valence-corrected chi connectivity index (χ3v) is 2.72. The Morgan fingerprint density at radius 3 is 2.31 bits per heavy atom. The normalized spacial score (nSPS) is 11.5. The van der Waals surface area contributed by atoms with Crippen molar-refractivity contribution in [2.75, 3.05) is 20.2 Å². The predicted octanol–water partition coefficient (Wildman–Crippen LogP) is 1.36. The summed E-state index contributed by atoms with van der Waals surface area (Å²) in [4.78, 5) is 11.6. The molecule has 0 atom stereocenters. The van der Waals surface area contributed by atoms with Crippen molar-refractivity contribution in [1.29, 1.82) is 0 Å². The van der Waals surface area contributed by atoms with E-state index in [-0.39, 0.29) is 17.8 Å². The first-order valence-corrected chi connectivity index (χ1v) is 5.40. The van der Waals surface area contributed by atoms with Crippen molar-refractivity contribution >= 4 is 5.78 Å². The van der Waals surface area contributed by atoms with Crippen molar-refractivity contribution in [3.63, 3.8) is 0 Å². The minimum Gasteiger partial charge on any atom is -0.395 e. The first-order valence-electron chi connectivity index (χ1n) is 5.40. The maximum absolute atomic E-state index is 11.6. The molecule has 1 aromatic carbocycles. The highest BCUT2D eigenvalue weighted by atomic mass is 16.3. The van der Waals surface area contributed by atoms with E-state index < -0.39 is 0 Å². The van der Waals surface area contributed by atoms with Crippen molar-refractivity contribution in [2.24, 2.45) is 0 Å². The number of ketones is 1. The molecule has 0 saturated carbocycles. The van der Waals surface area contributed by atoms with E-state index in [2.05, 4.69) is 5.32 Å². The number of carbonyl (C=O) groups excluding carboxylic acids is 1. The second-order valence-corrected chi connectivity index (χ2v) is 4.57. The Bertz CT molecular complexity index is 355. The molecule has 2 N–H and O–H groups in total. The van der Waals surface area contributed by atoms with Crippen LogP contribution in [0.3, 0.4) is 0 Å². The highest BCUT2D eigenvalue weighted by Crippen LogP contribution is 2.22. The molecular formula is C13H19NO2. The van der Waals surface area contributed by atoms with Gasteiger partial charge in [-0.05, 0) is 12.6 Å². The van der Waals surface area contributed by atoms with Crippen molar-refractivity contribution in [2.45, 2.75) is 19.3 Å². The average Bonchev–Trinajstić information content (AvgIpc) is 2.29. The zero-order valence-electron chi connectivity index (χ0n) is 10.1. The Labute approximate surface area is 96.5 Å². The molecule has 16 heavy (non-hydrogen) atoms. The molecule has 88 valence electrons. The summed E-state index contributed by atoms with van der Waals surface area (Å²) in [5, 5.41) is 12.1. The standard InChI is InChI=1S/C13H19NO2/c1-13(2,9-15)11-6-4-10(5-7-11)12(16)8-14-3/h4-7,14-15H,8-9H2,1-3H3. The number of likely N-dealkylation sites (N-methyl/N-ethyl adjacent to an activating group) is 1. The first-order chi connectivity index (χ1) is 7.51. The molecule has 0 amide bonds. The van der Waals surface area contributed by atoms with Crippen LogP contribution in [0.5, 0.6) is 0 Å². The van der Waals surface area contributed by atoms with Gasteiger partial charge in [0.05, 0.1) is 13.2 Å². The van der Waals surface area contributed by atoms with Gasteiger partial charge in [-0.1, -0.05) is 38.1 Å². The number of carbonyl (C=O) groups is 1. The van der Waals surface area contributed by atoms with Crippen molar-refractivity contribution in [1.82, 2.24) is 5.32 Å². The third kappa shape index (κ3) is 2.90. The van der Waals surface area contributed by atoms with Crippen LogP contribution in [0, 0.1) is 0 Å². The summed E-state index contributed by atoms with van der Waals surface area (Å²) in [6.07, 6.45) is 0. The van der Waals surface area contributed by atoms with Gasteiger partial charge in [0.15, 0.2) is 5.78 Å². The van der Waals surface area contributed by atoms with Crippen LogP contribution in [0.1, 0.15) is 29.8 Å². The largest absolute Gasteiger partial charge is 0.395 e. The number of aliphatic hydroxyl groups is 1. The molecule has 0 fully saturated rings. The smallest absolute Gasteiger partial charge is 0.176 e. The van der Waals surface area contributed by atoms with Crippen LogP contribution < -0.4 is 5.32 Å². The second-order valence-electron chi connectivity index (χ2n) is 4.57. The van der Waals surface area contributed by atoms with E-state index in [9.17, 15) is 9.90 Å². The van der Waals surface area contributed by atoms with E-state index in [0.717, 1.165) is 5.56 Å². The van der Waals surface area contributed by atoms with E-state index in [1.54, 1.807) is 7.05 Å². The Morgan fingerprint density at radius 1 is 1.31 bits per heavy atom. The Hall–Kier alpha value is -1.19. The summed E-state index contributed by atoms with van der Waals surface area (Å²) in [5.41, 5.74) is 1.48. The van der Waals surface area contributed by atoms with Crippen LogP contribution in [0.2, 0.25) is 0 Å². The lowest BCUT2D eigenvalue weighted by Gasteiger charge is -2.22. The van der Waals surface area contributed by atoms with Gasteiger partial charge < -0.3 is 10.4 Å². The number of Topliss-reactive ketones (excluding diaryl/α,β-unsaturated/α-hetero) is 1. The van der Waals surface area contributed by atoms with Gasteiger partial charge >= 0.3 is 0 Å². The van der Waals surface area contributed by atoms with Gasteiger partial charge in [-0.2, -0.15) is 0 Å². The van der Waals surface area contributed by atoms with E-state index >= 15 is 0 Å². The minimum absolute atomic E-state index is 0.0795. The topological polar surface area (TPSA) is 49.3 Å². The van der Waals surface area contributed by atoms with Crippen LogP contribution in [-0.2, 0) is 5.41 Å². The van der Waals surface area contributed by atoms with Gasteiger partial charge in [0, 0.05) is 11.0 Å². The lowest BCUT2D eigenvalue weighted by atomic mass is 9.85. The van der Waals surface area contributed by atoms with Crippen LogP contribution in [0.15, 0.2) is 24.3 Å². The third-order valence-electron chi connectivity index (χ3n) is 2.72. The van der Waals surface area contributed by atoms with E-state index in [1.165, 1.54) is 0 Å². The molecule has 0 aromatic heterocycles. The van der Waals surface area contributed by atoms with Crippen LogP contribution in [0.4, 0.5) is 0 Å². The molecule has 0 aliphatic heterocycles. The predicted molar refractivity (Wildman–Crippen MR) is 64.8 cm³/mol. The molecular weight excluding hydrogens is 202 g/mol. The minimum atomic E-state index is -0.259. The fraction of sp³-hybridized carbons (Fsp3) is 0.462. The molecule has 0 aliphatic carbocycles. The van der Waals surface area contributed by atoms with Crippen molar-refractivity contribution in [3.8, 4) is 0 Å². The maximum atomic E-state index is 11.6. The summed E-state index contributed by atoms with van der Waals surface area (Å²) in [5.74, 6) is 0.0795. The Kier molecular flexibility index (Phi) is 4.21. The van der Waals surface area contributed by atoms with Crippen molar-refractivity contribution < 1.29 is 9.90 Å². The maximum Gasteiger partial charge on any atom is 0.176 e. The Morgan fingerprint density at radius 2 is 1.88 bits per heavy atom. The molecule has 0 spiro atoms. The van der Waals surface area contributed by atoms with Gasteiger partial charge in [0.2, 0.25) is 0 Å². The van der Waals surface area contributed by atoms with Gasteiger partial charge in [-0.3, -0.25) is 4.79 Å². The lowest BCUT2D eigenvalue weighted by molar-refractivity contribution is 0.0993. The zero-order valence-corrected chi connectivity index (χ0v) is 10.1. The molecule has 0 saturated heterocycles. The molecule has 0 heterocycles. The van der Waals surface area contributed by atoms with E-state index in [1.807, 2.05) is 38.1 Å². The van der Waals surface area contributed by atoms with Gasteiger partial charge in [0.1, 0.15) is 0 Å². The highest BCUT2D eigenvalue weighted by Gasteiger charge is 2.19. The zero-order chi connectivity index (χ0) is 12.2. The number of aliphatic hydroxyl groups excluding tert-OH is 1. The van der Waals surface area contributed by atoms with Gasteiger partial charge in [0.25, 0.3) is 0 Å². The molecule has 0 aliphatic rings. The number of hydrogen-bond donors (Lipinski definition) is 2. The second kappa shape index (κ2) is 5.23. The molecule has 0 unspecified atom stereocenters. The first kappa shape index (κ1) is 12.9. The van der Waals surface area contributed by atoms with Gasteiger partial charge in [-0.25, -0.2) is 0 Å². The number of hydrogen-bond acceptors (Lipinski definition) is 3. The lowest BCUT2D eigenvalue weighted by Crippen LogP contribution is -2.22. The molecule has 3 heteroatoms.